The summed E-state index contributed by atoms with van der Waals surface area (Å²) in [5, 5.41) is -0.617. The molecule has 2 rings (SSSR count). The molecule has 0 spiro atoms. The predicted molar refractivity (Wildman–Crippen MR) is 66.1 cm³/mol. The quantitative estimate of drug-likeness (QED) is 0.700. The maximum absolute atomic E-state index is 11.9. The molecule has 1 heterocycles. The smallest absolute Gasteiger partial charge is 0.249 e. The van der Waals surface area contributed by atoms with Crippen LogP contribution in [0.3, 0.4) is 0 Å². The topological polar surface area (TPSA) is 54.5 Å². The molecule has 1 fully saturated rings. The van der Waals surface area contributed by atoms with Crippen molar-refractivity contribution in [3.05, 3.63) is 29.8 Å². The third-order valence-electron chi connectivity index (χ3n) is 2.77. The average molecular weight is 251 g/mol. The van der Waals surface area contributed by atoms with Gasteiger partial charge in [0.2, 0.25) is 11.8 Å². The first kappa shape index (κ1) is 12.0. The second-order valence-corrected chi connectivity index (χ2v) is 5.83. The first-order chi connectivity index (χ1) is 8.00. The van der Waals surface area contributed by atoms with Crippen molar-refractivity contribution in [2.45, 2.75) is 19.1 Å². The summed E-state index contributed by atoms with van der Waals surface area (Å²) in [5.41, 5.74) is 1.61. The van der Waals surface area contributed by atoms with Gasteiger partial charge in [0.05, 0.1) is 5.69 Å². The lowest BCUT2D eigenvalue weighted by Crippen LogP contribution is -2.51. The fraction of sp³-hybridized carbons (Fsp3) is 0.333. The molecule has 0 saturated carbocycles. The Labute approximate surface area is 102 Å². The van der Waals surface area contributed by atoms with Crippen LogP contribution in [-0.2, 0) is 20.4 Å². The van der Waals surface area contributed by atoms with Crippen LogP contribution in [0.25, 0.3) is 0 Å². The van der Waals surface area contributed by atoms with Crippen molar-refractivity contribution in [3.63, 3.8) is 0 Å². The maximum Gasteiger partial charge on any atom is 0.249 e. The number of aryl methyl sites for hydroxylation is 1. The molecule has 4 nitrogen and oxygen atoms in total. The normalized spacial score (nSPS) is 25.2. The van der Waals surface area contributed by atoms with Gasteiger partial charge < -0.3 is 0 Å². The zero-order valence-corrected chi connectivity index (χ0v) is 10.5. The molecule has 2 atom stereocenters. The Bertz CT molecular complexity index is 495. The maximum atomic E-state index is 11.9. The number of rotatable bonds is 1. The molecule has 1 aromatic carbocycles. The summed E-state index contributed by atoms with van der Waals surface area (Å²) in [7, 11) is -1.38. The number of imide groups is 1. The van der Waals surface area contributed by atoms with E-state index in [4.69, 9.17) is 0 Å². The van der Waals surface area contributed by atoms with Crippen LogP contribution in [0.4, 0.5) is 5.69 Å². The number of carbonyl (C=O) groups is 2. The van der Waals surface area contributed by atoms with Crippen LogP contribution in [0.2, 0.25) is 0 Å². The Morgan fingerprint density at radius 2 is 1.82 bits per heavy atom. The van der Waals surface area contributed by atoms with Crippen molar-refractivity contribution in [3.8, 4) is 0 Å². The number of benzene rings is 1. The molecule has 5 heteroatoms. The monoisotopic (exact) mass is 251 g/mol. The molecular formula is C12H13NO3S. The van der Waals surface area contributed by atoms with E-state index in [1.165, 1.54) is 0 Å². The van der Waals surface area contributed by atoms with Crippen LogP contribution in [-0.4, -0.2) is 27.0 Å². The van der Waals surface area contributed by atoms with E-state index in [0.717, 1.165) is 10.5 Å². The van der Waals surface area contributed by atoms with Crippen LogP contribution in [0, 0.1) is 6.92 Å². The van der Waals surface area contributed by atoms with E-state index in [0.29, 0.717) is 5.69 Å². The molecule has 1 aliphatic heterocycles. The minimum atomic E-state index is -1.38. The van der Waals surface area contributed by atoms with Crippen molar-refractivity contribution in [2.75, 3.05) is 10.7 Å². The Hall–Kier alpha value is -1.49. The van der Waals surface area contributed by atoms with Gasteiger partial charge in [0.15, 0.2) is 0 Å². The number of nitrogens with zero attached hydrogens (tertiary/aromatic N) is 1. The van der Waals surface area contributed by atoms with Gasteiger partial charge in [-0.25, -0.2) is 4.90 Å². The minimum absolute atomic E-state index is 0.0826. The summed E-state index contributed by atoms with van der Waals surface area (Å²) in [6.45, 7) is 3.52. The van der Waals surface area contributed by atoms with E-state index < -0.39 is 22.0 Å². The lowest BCUT2D eigenvalue weighted by atomic mass is 10.2. The molecule has 2 amide bonds. The van der Waals surface area contributed by atoms with Gasteiger partial charge >= 0.3 is 0 Å². The van der Waals surface area contributed by atoms with E-state index >= 15 is 0 Å². The highest BCUT2D eigenvalue weighted by Crippen LogP contribution is 2.21. The van der Waals surface area contributed by atoms with E-state index in [1.54, 1.807) is 19.1 Å². The van der Waals surface area contributed by atoms with E-state index in [2.05, 4.69) is 0 Å². The van der Waals surface area contributed by atoms with E-state index in [1.807, 2.05) is 19.1 Å². The van der Waals surface area contributed by atoms with Crippen molar-refractivity contribution in [1.29, 1.82) is 0 Å². The van der Waals surface area contributed by atoms with Gasteiger partial charge in [0.1, 0.15) is 11.0 Å². The van der Waals surface area contributed by atoms with Crippen LogP contribution >= 0.6 is 0 Å². The van der Waals surface area contributed by atoms with Crippen molar-refractivity contribution < 1.29 is 13.8 Å². The molecule has 17 heavy (non-hydrogen) atoms. The largest absolute Gasteiger partial charge is 0.273 e. The van der Waals surface area contributed by atoms with Crippen LogP contribution in [0.1, 0.15) is 12.5 Å². The highest BCUT2D eigenvalue weighted by Gasteiger charge is 2.37. The number of hydrogen-bond acceptors (Lipinski definition) is 3. The molecular weight excluding hydrogens is 238 g/mol. The fourth-order valence-corrected chi connectivity index (χ4v) is 2.65. The zero-order chi connectivity index (χ0) is 12.6. The summed E-state index contributed by atoms with van der Waals surface area (Å²) in [4.78, 5) is 24.8. The standard InChI is InChI=1S/C12H13NO3S/c1-8-3-5-10(6-4-8)13-11(14)7-17(16)9(2)12(13)15/h3-6,9H,7H2,1-2H3/t9-,17-/m0/s1. The number of hydrogen-bond donors (Lipinski definition) is 0. The average Bonchev–Trinajstić information content (AvgIpc) is 2.29. The van der Waals surface area contributed by atoms with Gasteiger partial charge in [-0.05, 0) is 26.0 Å². The molecule has 1 aromatic rings. The summed E-state index contributed by atoms with van der Waals surface area (Å²) >= 11 is 0. The summed E-state index contributed by atoms with van der Waals surface area (Å²) < 4.78 is 11.5. The van der Waals surface area contributed by atoms with E-state index in [9.17, 15) is 13.8 Å². The number of carbonyl (C=O) groups excluding carboxylic acids is 2. The molecule has 0 aliphatic carbocycles. The Morgan fingerprint density at radius 1 is 1.24 bits per heavy atom. The van der Waals surface area contributed by atoms with E-state index in [-0.39, 0.29) is 11.7 Å². The Balaban J connectivity index is 2.37. The van der Waals surface area contributed by atoms with Gasteiger partial charge in [0, 0.05) is 10.8 Å². The first-order valence-corrected chi connectivity index (χ1v) is 6.69. The fourth-order valence-electron chi connectivity index (χ4n) is 1.69. The predicted octanol–water partition coefficient (Wildman–Crippen LogP) is 1.01. The van der Waals surface area contributed by atoms with Crippen molar-refractivity contribution in [1.82, 2.24) is 0 Å². The summed E-state index contributed by atoms with van der Waals surface area (Å²) in [6.07, 6.45) is 0. The van der Waals surface area contributed by atoms with Crippen molar-refractivity contribution >= 4 is 28.3 Å². The van der Waals surface area contributed by atoms with Gasteiger partial charge in [-0.2, -0.15) is 0 Å². The summed E-state index contributed by atoms with van der Waals surface area (Å²) in [6, 6.07) is 7.14. The zero-order valence-electron chi connectivity index (χ0n) is 9.67. The molecule has 0 bridgehead atoms. The molecule has 1 aliphatic rings. The van der Waals surface area contributed by atoms with Gasteiger partial charge in [-0.15, -0.1) is 0 Å². The highest BCUT2D eigenvalue weighted by atomic mass is 32.2. The first-order valence-electron chi connectivity index (χ1n) is 5.31. The molecule has 0 unspecified atom stereocenters. The van der Waals surface area contributed by atoms with Gasteiger partial charge in [-0.1, -0.05) is 17.7 Å². The van der Waals surface area contributed by atoms with Gasteiger partial charge in [0.25, 0.3) is 0 Å². The third-order valence-corrected chi connectivity index (χ3v) is 4.29. The molecule has 1 saturated heterocycles. The molecule has 0 N–H and O–H groups in total. The second kappa shape index (κ2) is 4.41. The number of anilines is 1. The lowest BCUT2D eigenvalue weighted by Gasteiger charge is -2.28. The minimum Gasteiger partial charge on any atom is -0.273 e. The third kappa shape index (κ3) is 2.15. The second-order valence-electron chi connectivity index (χ2n) is 4.07. The Morgan fingerprint density at radius 3 is 2.41 bits per heavy atom. The Kier molecular flexibility index (Phi) is 3.11. The lowest BCUT2D eigenvalue weighted by molar-refractivity contribution is -0.125. The summed E-state index contributed by atoms with van der Waals surface area (Å²) in [5.74, 6) is -0.862. The van der Waals surface area contributed by atoms with Crippen molar-refractivity contribution in [2.24, 2.45) is 0 Å². The molecule has 0 aromatic heterocycles. The number of amides is 2. The highest BCUT2D eigenvalue weighted by molar-refractivity contribution is 7.87. The molecule has 0 radical (unpaired) electrons. The molecule has 90 valence electrons. The van der Waals surface area contributed by atoms with Gasteiger partial charge in [-0.3, -0.25) is 13.8 Å². The van der Waals surface area contributed by atoms with Crippen LogP contribution < -0.4 is 4.90 Å². The van der Waals surface area contributed by atoms with Crippen LogP contribution in [0.15, 0.2) is 24.3 Å². The van der Waals surface area contributed by atoms with Crippen LogP contribution in [0.5, 0.6) is 0 Å². The SMILES string of the molecule is Cc1ccc(N2C(=O)C[S@](=O)[C@@H](C)C2=O)cc1.